The van der Waals surface area contributed by atoms with Gasteiger partial charge in [-0.25, -0.2) is 9.78 Å². The second-order valence-corrected chi connectivity index (χ2v) is 5.87. The molecule has 0 saturated carbocycles. The molecule has 0 fully saturated rings. The normalized spacial score (nSPS) is 10.3. The number of aromatic nitrogens is 2. The van der Waals surface area contributed by atoms with Crippen molar-refractivity contribution in [2.45, 2.75) is 10.1 Å². The van der Waals surface area contributed by atoms with Crippen LogP contribution in [0.1, 0.15) is 9.67 Å². The van der Waals surface area contributed by atoms with Crippen LogP contribution in [0.15, 0.2) is 32.2 Å². The SMILES string of the molecule is COc1nc(Sc2csc(C(=O)O)c2)ncc1Br. The summed E-state index contributed by atoms with van der Waals surface area (Å²) in [6.45, 7) is 0. The molecule has 0 aromatic carbocycles. The van der Waals surface area contributed by atoms with Crippen LogP contribution in [0.25, 0.3) is 0 Å². The van der Waals surface area contributed by atoms with Crippen molar-refractivity contribution in [1.29, 1.82) is 0 Å². The molecule has 0 bridgehead atoms. The second kappa shape index (κ2) is 5.68. The van der Waals surface area contributed by atoms with Crippen molar-refractivity contribution >= 4 is 45.0 Å². The van der Waals surface area contributed by atoms with Crippen molar-refractivity contribution in [3.05, 3.63) is 27.0 Å². The second-order valence-electron chi connectivity index (χ2n) is 3.06. The first-order chi connectivity index (χ1) is 8.60. The van der Waals surface area contributed by atoms with Gasteiger partial charge in [0, 0.05) is 16.5 Å². The molecular weight excluding hydrogens is 340 g/mol. The lowest BCUT2D eigenvalue weighted by atomic mass is 10.5. The van der Waals surface area contributed by atoms with Gasteiger partial charge in [-0.3, -0.25) is 0 Å². The molecule has 2 aromatic rings. The molecule has 18 heavy (non-hydrogen) atoms. The fourth-order valence-corrected chi connectivity index (χ4v) is 3.11. The summed E-state index contributed by atoms with van der Waals surface area (Å²) in [5.74, 6) is -0.484. The molecule has 94 valence electrons. The van der Waals surface area contributed by atoms with E-state index in [-0.39, 0.29) is 0 Å². The van der Waals surface area contributed by atoms with Crippen molar-refractivity contribution in [3.63, 3.8) is 0 Å². The molecule has 0 aliphatic rings. The molecule has 2 rings (SSSR count). The number of halogens is 1. The first kappa shape index (κ1) is 13.3. The Morgan fingerprint density at radius 3 is 3.00 bits per heavy atom. The third-order valence-corrected chi connectivity index (χ3v) is 4.34. The Kier molecular flexibility index (Phi) is 4.20. The predicted molar refractivity (Wildman–Crippen MR) is 71.7 cm³/mol. The number of aromatic carboxylic acids is 1. The van der Waals surface area contributed by atoms with E-state index in [4.69, 9.17) is 9.84 Å². The lowest BCUT2D eigenvalue weighted by molar-refractivity contribution is 0.0702. The van der Waals surface area contributed by atoms with Crippen molar-refractivity contribution in [1.82, 2.24) is 9.97 Å². The number of hydrogen-bond donors (Lipinski definition) is 1. The van der Waals surface area contributed by atoms with Gasteiger partial charge in [0.05, 0.1) is 11.6 Å². The number of hydrogen-bond acceptors (Lipinski definition) is 6. The standard InChI is InChI=1S/C10H7BrN2O3S2/c1-16-8-6(11)3-12-10(13-8)18-5-2-7(9(14)15)17-4-5/h2-4H,1H3,(H,14,15). The summed E-state index contributed by atoms with van der Waals surface area (Å²) in [6.07, 6.45) is 1.60. The van der Waals surface area contributed by atoms with Gasteiger partial charge in [-0.15, -0.1) is 11.3 Å². The summed E-state index contributed by atoms with van der Waals surface area (Å²) in [5.41, 5.74) is 0. The topological polar surface area (TPSA) is 72.3 Å². The average Bonchev–Trinajstić information content (AvgIpc) is 2.80. The third kappa shape index (κ3) is 3.01. The van der Waals surface area contributed by atoms with Gasteiger partial charge in [0.1, 0.15) is 4.88 Å². The molecule has 2 heterocycles. The minimum atomic E-state index is -0.929. The van der Waals surface area contributed by atoms with Gasteiger partial charge in [0.15, 0.2) is 5.16 Å². The van der Waals surface area contributed by atoms with Crippen LogP contribution in [-0.4, -0.2) is 28.2 Å². The number of carboxylic acids is 1. The van der Waals surface area contributed by atoms with Crippen LogP contribution in [0, 0.1) is 0 Å². The fraction of sp³-hybridized carbons (Fsp3) is 0.100. The molecular formula is C10H7BrN2O3S2. The van der Waals surface area contributed by atoms with Crippen LogP contribution in [0.3, 0.4) is 0 Å². The van der Waals surface area contributed by atoms with Crippen LogP contribution in [0.5, 0.6) is 5.88 Å². The number of nitrogens with zero attached hydrogens (tertiary/aromatic N) is 2. The zero-order valence-electron chi connectivity index (χ0n) is 9.08. The van der Waals surface area contributed by atoms with Gasteiger partial charge >= 0.3 is 5.97 Å². The highest BCUT2D eigenvalue weighted by molar-refractivity contribution is 9.10. The van der Waals surface area contributed by atoms with Crippen molar-refractivity contribution in [3.8, 4) is 5.88 Å². The summed E-state index contributed by atoms with van der Waals surface area (Å²) < 4.78 is 5.74. The average molecular weight is 347 g/mol. The maximum absolute atomic E-state index is 10.8. The minimum absolute atomic E-state index is 0.293. The third-order valence-electron chi connectivity index (χ3n) is 1.88. The van der Waals surface area contributed by atoms with E-state index in [9.17, 15) is 4.79 Å². The summed E-state index contributed by atoms with van der Waals surface area (Å²) in [7, 11) is 1.52. The van der Waals surface area contributed by atoms with Gasteiger partial charge < -0.3 is 9.84 Å². The Labute approximate surface area is 119 Å². The lowest BCUT2D eigenvalue weighted by Crippen LogP contribution is -1.93. The molecule has 0 saturated heterocycles. The lowest BCUT2D eigenvalue weighted by Gasteiger charge is -2.03. The Bertz CT molecular complexity index is 588. The highest BCUT2D eigenvalue weighted by Gasteiger charge is 2.10. The van der Waals surface area contributed by atoms with E-state index in [1.807, 2.05) is 0 Å². The Balaban J connectivity index is 2.20. The van der Waals surface area contributed by atoms with Crippen LogP contribution in [0.4, 0.5) is 0 Å². The maximum Gasteiger partial charge on any atom is 0.345 e. The van der Waals surface area contributed by atoms with Crippen LogP contribution in [0.2, 0.25) is 0 Å². The van der Waals surface area contributed by atoms with Gasteiger partial charge in [-0.2, -0.15) is 4.98 Å². The van der Waals surface area contributed by atoms with E-state index in [1.165, 1.54) is 30.2 Å². The maximum atomic E-state index is 10.8. The van der Waals surface area contributed by atoms with Gasteiger partial charge in [-0.05, 0) is 33.8 Å². The first-order valence-electron chi connectivity index (χ1n) is 4.66. The number of carboxylic acid groups (broad SMARTS) is 1. The molecule has 2 aromatic heterocycles. The summed E-state index contributed by atoms with van der Waals surface area (Å²) in [4.78, 5) is 20.1. The Morgan fingerprint density at radius 2 is 2.39 bits per heavy atom. The predicted octanol–water partition coefficient (Wildman–Crippen LogP) is 3.16. The molecule has 0 aliphatic carbocycles. The number of rotatable bonds is 4. The molecule has 8 heteroatoms. The molecule has 1 N–H and O–H groups in total. The van der Waals surface area contributed by atoms with E-state index >= 15 is 0 Å². The Hall–Kier alpha value is -1.12. The van der Waals surface area contributed by atoms with Crippen molar-refractivity contribution < 1.29 is 14.6 Å². The Morgan fingerprint density at radius 1 is 1.61 bits per heavy atom. The summed E-state index contributed by atoms with van der Waals surface area (Å²) in [6, 6.07) is 1.59. The number of thiophene rings is 1. The van der Waals surface area contributed by atoms with Crippen LogP contribution < -0.4 is 4.74 Å². The zero-order chi connectivity index (χ0) is 13.1. The van der Waals surface area contributed by atoms with Crippen LogP contribution in [-0.2, 0) is 0 Å². The zero-order valence-corrected chi connectivity index (χ0v) is 12.3. The first-order valence-corrected chi connectivity index (χ1v) is 7.15. The monoisotopic (exact) mass is 346 g/mol. The largest absolute Gasteiger partial charge is 0.480 e. The van der Waals surface area contributed by atoms with Gasteiger partial charge in [-0.1, -0.05) is 0 Å². The van der Waals surface area contributed by atoms with Crippen LogP contribution >= 0.6 is 39.0 Å². The summed E-state index contributed by atoms with van der Waals surface area (Å²) >= 11 is 5.73. The molecule has 0 spiro atoms. The minimum Gasteiger partial charge on any atom is -0.480 e. The van der Waals surface area contributed by atoms with Crippen molar-refractivity contribution in [2.24, 2.45) is 0 Å². The number of carbonyl (C=O) groups is 1. The molecule has 0 atom stereocenters. The van der Waals surface area contributed by atoms with E-state index in [0.717, 1.165) is 4.90 Å². The molecule has 5 nitrogen and oxygen atoms in total. The van der Waals surface area contributed by atoms with E-state index < -0.39 is 5.97 Å². The van der Waals surface area contributed by atoms with Gasteiger partial charge in [0.25, 0.3) is 0 Å². The number of methoxy groups -OCH3 is 1. The molecule has 0 aliphatic heterocycles. The van der Waals surface area contributed by atoms with E-state index in [0.29, 0.717) is 20.4 Å². The smallest absolute Gasteiger partial charge is 0.345 e. The molecule has 0 radical (unpaired) electrons. The fourth-order valence-electron chi connectivity index (χ4n) is 1.12. The highest BCUT2D eigenvalue weighted by Crippen LogP contribution is 2.31. The molecule has 0 amide bonds. The van der Waals surface area contributed by atoms with Crippen molar-refractivity contribution in [2.75, 3.05) is 7.11 Å². The summed E-state index contributed by atoms with van der Waals surface area (Å²) in [5, 5.41) is 11.1. The highest BCUT2D eigenvalue weighted by atomic mass is 79.9. The quantitative estimate of drug-likeness (QED) is 0.857. The molecule has 0 unspecified atom stereocenters. The van der Waals surface area contributed by atoms with E-state index in [2.05, 4.69) is 25.9 Å². The van der Waals surface area contributed by atoms with Gasteiger partial charge in [0.2, 0.25) is 5.88 Å². The van der Waals surface area contributed by atoms with E-state index in [1.54, 1.807) is 17.6 Å². The number of ether oxygens (including phenoxy) is 1.